The standard InChI is InChI=1S/C16H22N2O2.ClH/c17-14-7-5-12-9-18(10-13(12)14)16(20)8-6-11-3-1-2-4-15(11)19;/h1-4,12-14,19H,5-10,17H2;1H. The fourth-order valence-corrected chi connectivity index (χ4v) is 3.63. The van der Waals surface area contributed by atoms with E-state index in [1.807, 2.05) is 17.0 Å². The number of fused-ring (bicyclic) bond motifs is 1. The molecule has 0 radical (unpaired) electrons. The summed E-state index contributed by atoms with van der Waals surface area (Å²) in [4.78, 5) is 14.2. The number of amides is 1. The van der Waals surface area contributed by atoms with Crippen LogP contribution in [0.5, 0.6) is 5.75 Å². The van der Waals surface area contributed by atoms with Gasteiger partial charge in [-0.15, -0.1) is 12.4 Å². The summed E-state index contributed by atoms with van der Waals surface area (Å²) < 4.78 is 0. The Bertz CT molecular complexity index is 509. The highest BCUT2D eigenvalue weighted by molar-refractivity contribution is 5.85. The van der Waals surface area contributed by atoms with Crippen molar-refractivity contribution >= 4 is 18.3 Å². The van der Waals surface area contributed by atoms with Crippen LogP contribution in [0.3, 0.4) is 0 Å². The first-order valence-corrected chi connectivity index (χ1v) is 7.45. The maximum Gasteiger partial charge on any atom is 0.222 e. The van der Waals surface area contributed by atoms with Crippen LogP contribution in [0.1, 0.15) is 24.8 Å². The zero-order valence-corrected chi connectivity index (χ0v) is 12.9. The summed E-state index contributed by atoms with van der Waals surface area (Å²) in [6.45, 7) is 1.70. The van der Waals surface area contributed by atoms with E-state index in [0.717, 1.165) is 31.5 Å². The molecule has 2 aliphatic rings. The first-order chi connectivity index (χ1) is 9.65. The Balaban J connectivity index is 0.00000161. The van der Waals surface area contributed by atoms with Gasteiger partial charge in [0, 0.05) is 25.6 Å². The number of carbonyl (C=O) groups excluding carboxylic acids is 1. The number of phenols is 1. The van der Waals surface area contributed by atoms with Gasteiger partial charge in [-0.25, -0.2) is 0 Å². The van der Waals surface area contributed by atoms with Crippen molar-refractivity contribution in [3.63, 3.8) is 0 Å². The summed E-state index contributed by atoms with van der Waals surface area (Å²) in [6, 6.07) is 7.50. The van der Waals surface area contributed by atoms with Crippen LogP contribution < -0.4 is 5.73 Å². The molecule has 0 aromatic heterocycles. The molecule has 1 aromatic carbocycles. The van der Waals surface area contributed by atoms with E-state index in [1.54, 1.807) is 12.1 Å². The van der Waals surface area contributed by atoms with Crippen molar-refractivity contribution in [3.05, 3.63) is 29.8 Å². The molecule has 1 aliphatic carbocycles. The van der Waals surface area contributed by atoms with Gasteiger partial charge in [-0.2, -0.15) is 0 Å². The van der Waals surface area contributed by atoms with Gasteiger partial charge < -0.3 is 15.7 Å². The SMILES string of the molecule is Cl.NC1CCC2CN(C(=O)CCc3ccccc3O)CC12. The van der Waals surface area contributed by atoms with Gasteiger partial charge >= 0.3 is 0 Å². The van der Waals surface area contributed by atoms with Crippen molar-refractivity contribution in [2.45, 2.75) is 31.7 Å². The number of para-hydroxylation sites is 1. The van der Waals surface area contributed by atoms with Crippen LogP contribution in [0.25, 0.3) is 0 Å². The third-order valence-electron chi connectivity index (χ3n) is 4.86. The summed E-state index contributed by atoms with van der Waals surface area (Å²) in [7, 11) is 0. The summed E-state index contributed by atoms with van der Waals surface area (Å²) in [5, 5.41) is 9.71. The summed E-state index contributed by atoms with van der Waals surface area (Å²) in [5.74, 6) is 1.58. The molecule has 116 valence electrons. The molecule has 1 saturated carbocycles. The van der Waals surface area contributed by atoms with Gasteiger partial charge in [0.2, 0.25) is 5.91 Å². The smallest absolute Gasteiger partial charge is 0.222 e. The number of aryl methyl sites for hydroxylation is 1. The highest BCUT2D eigenvalue weighted by Crippen LogP contribution is 2.37. The predicted octanol–water partition coefficient (Wildman–Crippen LogP) is 1.94. The average molecular weight is 311 g/mol. The number of aromatic hydroxyl groups is 1. The fourth-order valence-electron chi connectivity index (χ4n) is 3.63. The molecule has 3 N–H and O–H groups in total. The lowest BCUT2D eigenvalue weighted by molar-refractivity contribution is -0.130. The zero-order chi connectivity index (χ0) is 14.1. The highest BCUT2D eigenvalue weighted by Gasteiger charge is 2.42. The number of hydrogen-bond acceptors (Lipinski definition) is 3. The molecule has 3 unspecified atom stereocenters. The van der Waals surface area contributed by atoms with E-state index in [9.17, 15) is 9.90 Å². The Labute approximate surface area is 131 Å². The molecule has 2 fully saturated rings. The Hall–Kier alpha value is -1.26. The molecule has 0 bridgehead atoms. The summed E-state index contributed by atoms with van der Waals surface area (Å²) in [5.41, 5.74) is 6.94. The van der Waals surface area contributed by atoms with Crippen LogP contribution >= 0.6 is 12.4 Å². The largest absolute Gasteiger partial charge is 0.508 e. The zero-order valence-electron chi connectivity index (χ0n) is 12.1. The number of hydrogen-bond donors (Lipinski definition) is 2. The minimum atomic E-state index is 0. The number of halogens is 1. The number of nitrogens with two attached hydrogens (primary N) is 1. The molecule has 4 nitrogen and oxygen atoms in total. The monoisotopic (exact) mass is 310 g/mol. The molecule has 1 amide bonds. The van der Waals surface area contributed by atoms with Gasteiger partial charge in [0.05, 0.1) is 0 Å². The van der Waals surface area contributed by atoms with E-state index in [2.05, 4.69) is 0 Å². The van der Waals surface area contributed by atoms with E-state index in [1.165, 1.54) is 0 Å². The van der Waals surface area contributed by atoms with Crippen LogP contribution in [0.2, 0.25) is 0 Å². The third kappa shape index (κ3) is 3.33. The number of carbonyl (C=O) groups is 1. The second kappa shape index (κ2) is 6.67. The van der Waals surface area contributed by atoms with Crippen molar-refractivity contribution in [3.8, 4) is 5.75 Å². The molecule has 3 rings (SSSR count). The number of phenolic OH excluding ortho intramolecular Hbond substituents is 1. The van der Waals surface area contributed by atoms with E-state index in [4.69, 9.17) is 5.73 Å². The lowest BCUT2D eigenvalue weighted by atomic mass is 9.98. The molecule has 3 atom stereocenters. The Morgan fingerprint density at radius 1 is 1.29 bits per heavy atom. The third-order valence-corrected chi connectivity index (χ3v) is 4.86. The van der Waals surface area contributed by atoms with Crippen LogP contribution in [0, 0.1) is 11.8 Å². The van der Waals surface area contributed by atoms with E-state index in [-0.39, 0.29) is 30.1 Å². The van der Waals surface area contributed by atoms with Gasteiger partial charge in [0.25, 0.3) is 0 Å². The molecule has 21 heavy (non-hydrogen) atoms. The van der Waals surface area contributed by atoms with Crippen molar-refractivity contribution in [1.29, 1.82) is 0 Å². The molecule has 5 heteroatoms. The molecular formula is C16H23ClN2O2. The van der Waals surface area contributed by atoms with Crippen LogP contribution in [0.15, 0.2) is 24.3 Å². The fraction of sp³-hybridized carbons (Fsp3) is 0.562. The lowest BCUT2D eigenvalue weighted by Gasteiger charge is -2.18. The summed E-state index contributed by atoms with van der Waals surface area (Å²) in [6.07, 6.45) is 3.33. The van der Waals surface area contributed by atoms with Crippen molar-refractivity contribution < 1.29 is 9.90 Å². The molecule has 1 heterocycles. The van der Waals surface area contributed by atoms with E-state index < -0.39 is 0 Å². The maximum atomic E-state index is 12.3. The highest BCUT2D eigenvalue weighted by atomic mass is 35.5. The minimum Gasteiger partial charge on any atom is -0.508 e. The van der Waals surface area contributed by atoms with Crippen molar-refractivity contribution in [2.24, 2.45) is 17.6 Å². The maximum absolute atomic E-state index is 12.3. The van der Waals surface area contributed by atoms with E-state index in [0.29, 0.717) is 24.7 Å². The molecule has 1 saturated heterocycles. The number of nitrogens with zero attached hydrogens (tertiary/aromatic N) is 1. The Kier molecular flexibility index (Phi) is 5.12. The molecule has 0 spiro atoms. The number of likely N-dealkylation sites (tertiary alicyclic amines) is 1. The van der Waals surface area contributed by atoms with E-state index >= 15 is 0 Å². The quantitative estimate of drug-likeness (QED) is 0.896. The Morgan fingerprint density at radius 3 is 2.76 bits per heavy atom. The van der Waals surface area contributed by atoms with Gasteiger partial charge in [0.15, 0.2) is 0 Å². The van der Waals surface area contributed by atoms with Gasteiger partial charge in [0.1, 0.15) is 5.75 Å². The van der Waals surface area contributed by atoms with Crippen molar-refractivity contribution in [2.75, 3.05) is 13.1 Å². The number of rotatable bonds is 3. The lowest BCUT2D eigenvalue weighted by Crippen LogP contribution is -2.33. The molecule has 1 aliphatic heterocycles. The normalized spacial score (nSPS) is 27.3. The van der Waals surface area contributed by atoms with Crippen LogP contribution in [0.4, 0.5) is 0 Å². The van der Waals surface area contributed by atoms with Gasteiger partial charge in [-0.05, 0) is 42.7 Å². The van der Waals surface area contributed by atoms with Crippen LogP contribution in [-0.4, -0.2) is 35.0 Å². The average Bonchev–Trinajstić information content (AvgIpc) is 3.00. The van der Waals surface area contributed by atoms with Gasteiger partial charge in [-0.3, -0.25) is 4.79 Å². The van der Waals surface area contributed by atoms with Crippen molar-refractivity contribution in [1.82, 2.24) is 4.90 Å². The first-order valence-electron chi connectivity index (χ1n) is 7.45. The Morgan fingerprint density at radius 2 is 2.05 bits per heavy atom. The summed E-state index contributed by atoms with van der Waals surface area (Å²) >= 11 is 0. The second-order valence-electron chi connectivity index (χ2n) is 6.09. The second-order valence-corrected chi connectivity index (χ2v) is 6.09. The first kappa shape index (κ1) is 16.1. The minimum absolute atomic E-state index is 0. The molecular weight excluding hydrogens is 288 g/mol. The number of benzene rings is 1. The molecule has 1 aromatic rings. The predicted molar refractivity (Wildman–Crippen MR) is 84.4 cm³/mol. The van der Waals surface area contributed by atoms with Gasteiger partial charge in [-0.1, -0.05) is 18.2 Å². The van der Waals surface area contributed by atoms with Crippen LogP contribution in [-0.2, 0) is 11.2 Å². The topological polar surface area (TPSA) is 66.6 Å².